The third-order valence-corrected chi connectivity index (χ3v) is 5.29. The molecule has 1 N–H and O–H groups in total. The highest BCUT2D eigenvalue weighted by Gasteiger charge is 2.30. The van der Waals surface area contributed by atoms with Crippen molar-refractivity contribution in [3.63, 3.8) is 0 Å². The smallest absolute Gasteiger partial charge is 0.243 e. The molecule has 0 spiro atoms. The summed E-state index contributed by atoms with van der Waals surface area (Å²) < 4.78 is 52.5. The van der Waals surface area contributed by atoms with E-state index in [2.05, 4.69) is 5.32 Å². The first-order valence-electron chi connectivity index (χ1n) is 6.54. The summed E-state index contributed by atoms with van der Waals surface area (Å²) in [5.41, 5.74) is 0. The molecule has 1 heterocycles. The molecule has 8 heteroatoms. The second-order valence-corrected chi connectivity index (χ2v) is 6.97. The quantitative estimate of drug-likeness (QED) is 0.912. The molecule has 0 aromatic heterocycles. The first-order valence-corrected chi connectivity index (χ1v) is 7.98. The molecule has 1 atom stereocenters. The normalized spacial score (nSPS) is 20.0. The van der Waals surface area contributed by atoms with E-state index >= 15 is 0 Å². The standard InChI is InChI=1S/C13H18F2N2O2S.ClH/c1-16-8-10-3-2-4-17(9-10)20(18,19)13-6-11(14)5-12(15)7-13;/h5-7,10,16H,2-4,8-9H2,1H3;1H. The molecule has 2 rings (SSSR count). The molecule has 4 nitrogen and oxygen atoms in total. The molecule has 1 aromatic carbocycles. The van der Waals surface area contributed by atoms with Gasteiger partial charge in [-0.05, 0) is 44.5 Å². The Kier molecular flexibility index (Phi) is 6.52. The maximum absolute atomic E-state index is 13.2. The SMILES string of the molecule is CNCC1CCCN(S(=O)(=O)c2cc(F)cc(F)c2)C1.Cl. The fourth-order valence-corrected chi connectivity index (χ4v) is 4.12. The number of hydrogen-bond acceptors (Lipinski definition) is 3. The van der Waals surface area contributed by atoms with Gasteiger partial charge in [-0.2, -0.15) is 4.31 Å². The zero-order valence-electron chi connectivity index (χ0n) is 11.7. The van der Waals surface area contributed by atoms with Gasteiger partial charge in [0.2, 0.25) is 10.0 Å². The fourth-order valence-electron chi connectivity index (χ4n) is 2.53. The predicted octanol–water partition coefficient (Wildman–Crippen LogP) is 2.01. The van der Waals surface area contributed by atoms with Crippen LogP contribution in [0.5, 0.6) is 0 Å². The number of halogens is 3. The summed E-state index contributed by atoms with van der Waals surface area (Å²) in [5.74, 6) is -1.54. The average Bonchev–Trinajstić information content (AvgIpc) is 2.38. The van der Waals surface area contributed by atoms with Gasteiger partial charge in [-0.15, -0.1) is 12.4 Å². The molecule has 1 saturated heterocycles. The van der Waals surface area contributed by atoms with Gasteiger partial charge in [0.15, 0.2) is 0 Å². The number of sulfonamides is 1. The molecular formula is C13H19ClF2N2O2S. The minimum Gasteiger partial charge on any atom is -0.319 e. The van der Waals surface area contributed by atoms with Gasteiger partial charge in [0, 0.05) is 19.2 Å². The Morgan fingerprint density at radius 2 is 1.90 bits per heavy atom. The molecule has 120 valence electrons. The van der Waals surface area contributed by atoms with E-state index in [4.69, 9.17) is 0 Å². The Bertz CT molecular complexity index is 561. The second-order valence-electron chi connectivity index (χ2n) is 5.03. The number of rotatable bonds is 4. The lowest BCUT2D eigenvalue weighted by Crippen LogP contribution is -2.42. The Hall–Kier alpha value is -0.760. The van der Waals surface area contributed by atoms with Crippen molar-refractivity contribution in [3.8, 4) is 0 Å². The molecule has 0 bridgehead atoms. The number of benzene rings is 1. The van der Waals surface area contributed by atoms with Crippen LogP contribution in [0.1, 0.15) is 12.8 Å². The monoisotopic (exact) mass is 340 g/mol. The van der Waals surface area contributed by atoms with E-state index < -0.39 is 21.7 Å². The number of hydrogen-bond donors (Lipinski definition) is 1. The average molecular weight is 341 g/mol. The maximum atomic E-state index is 13.2. The topological polar surface area (TPSA) is 49.4 Å². The van der Waals surface area contributed by atoms with E-state index in [0.717, 1.165) is 31.5 Å². The van der Waals surface area contributed by atoms with Crippen LogP contribution in [0, 0.1) is 17.6 Å². The minimum absolute atomic E-state index is 0. The third kappa shape index (κ3) is 4.35. The number of piperidine rings is 1. The summed E-state index contributed by atoms with van der Waals surface area (Å²) >= 11 is 0. The summed E-state index contributed by atoms with van der Waals surface area (Å²) in [5, 5.41) is 3.03. The summed E-state index contributed by atoms with van der Waals surface area (Å²) in [7, 11) is -2.02. The van der Waals surface area contributed by atoms with Gasteiger partial charge < -0.3 is 5.32 Å². The maximum Gasteiger partial charge on any atom is 0.243 e. The summed E-state index contributed by atoms with van der Waals surface area (Å²) in [6.45, 7) is 1.49. The highest BCUT2D eigenvalue weighted by Crippen LogP contribution is 2.24. The van der Waals surface area contributed by atoms with E-state index in [9.17, 15) is 17.2 Å². The molecular weight excluding hydrogens is 322 g/mol. The van der Waals surface area contributed by atoms with E-state index in [1.807, 2.05) is 7.05 Å². The number of nitrogens with zero attached hydrogens (tertiary/aromatic N) is 1. The molecule has 1 aliphatic rings. The predicted molar refractivity (Wildman–Crippen MR) is 79.0 cm³/mol. The van der Waals surface area contributed by atoms with Crippen LogP contribution in [-0.2, 0) is 10.0 Å². The molecule has 1 unspecified atom stereocenters. The van der Waals surface area contributed by atoms with Gasteiger partial charge in [0.05, 0.1) is 4.90 Å². The highest BCUT2D eigenvalue weighted by molar-refractivity contribution is 7.89. The van der Waals surface area contributed by atoms with Crippen molar-refractivity contribution in [1.29, 1.82) is 0 Å². The van der Waals surface area contributed by atoms with Crippen molar-refractivity contribution in [1.82, 2.24) is 9.62 Å². The molecule has 0 amide bonds. The van der Waals surface area contributed by atoms with Crippen LogP contribution >= 0.6 is 12.4 Å². The van der Waals surface area contributed by atoms with Gasteiger partial charge in [-0.25, -0.2) is 17.2 Å². The van der Waals surface area contributed by atoms with Crippen molar-refractivity contribution < 1.29 is 17.2 Å². The molecule has 1 fully saturated rings. The zero-order chi connectivity index (χ0) is 14.8. The van der Waals surface area contributed by atoms with Crippen LogP contribution in [-0.4, -0.2) is 39.4 Å². The zero-order valence-corrected chi connectivity index (χ0v) is 13.3. The van der Waals surface area contributed by atoms with Gasteiger partial charge in [-0.3, -0.25) is 0 Å². The fraction of sp³-hybridized carbons (Fsp3) is 0.538. The van der Waals surface area contributed by atoms with Crippen LogP contribution in [0.2, 0.25) is 0 Å². The third-order valence-electron chi connectivity index (χ3n) is 3.45. The van der Waals surface area contributed by atoms with E-state index in [1.54, 1.807) is 0 Å². The van der Waals surface area contributed by atoms with Crippen LogP contribution in [0.15, 0.2) is 23.1 Å². The molecule has 1 aromatic rings. The van der Waals surface area contributed by atoms with Crippen LogP contribution < -0.4 is 5.32 Å². The van der Waals surface area contributed by atoms with Crippen molar-refractivity contribution in [3.05, 3.63) is 29.8 Å². The Morgan fingerprint density at radius 3 is 2.48 bits per heavy atom. The van der Waals surface area contributed by atoms with E-state index in [1.165, 1.54) is 4.31 Å². The molecule has 21 heavy (non-hydrogen) atoms. The Labute approximate surface area is 130 Å². The summed E-state index contributed by atoms with van der Waals surface area (Å²) in [6.07, 6.45) is 1.70. The summed E-state index contributed by atoms with van der Waals surface area (Å²) in [4.78, 5) is -0.319. The number of nitrogens with one attached hydrogen (secondary N) is 1. The van der Waals surface area contributed by atoms with Gasteiger partial charge in [-0.1, -0.05) is 0 Å². The lowest BCUT2D eigenvalue weighted by atomic mass is 10.00. The highest BCUT2D eigenvalue weighted by atomic mass is 35.5. The Balaban J connectivity index is 0.00000220. The van der Waals surface area contributed by atoms with Crippen molar-refractivity contribution >= 4 is 22.4 Å². The van der Waals surface area contributed by atoms with E-state index in [0.29, 0.717) is 19.2 Å². The summed E-state index contributed by atoms with van der Waals surface area (Å²) in [6, 6.07) is 2.39. The second kappa shape index (κ2) is 7.49. The minimum atomic E-state index is -3.83. The molecule has 0 radical (unpaired) electrons. The van der Waals surface area contributed by atoms with Gasteiger partial charge in [0.1, 0.15) is 11.6 Å². The van der Waals surface area contributed by atoms with Crippen molar-refractivity contribution in [2.24, 2.45) is 5.92 Å². The van der Waals surface area contributed by atoms with Crippen LogP contribution in [0.25, 0.3) is 0 Å². The first-order chi connectivity index (χ1) is 9.43. The Morgan fingerprint density at radius 1 is 1.29 bits per heavy atom. The lowest BCUT2D eigenvalue weighted by Gasteiger charge is -2.31. The molecule has 0 saturated carbocycles. The van der Waals surface area contributed by atoms with Crippen LogP contribution in [0.4, 0.5) is 8.78 Å². The van der Waals surface area contributed by atoms with Gasteiger partial charge >= 0.3 is 0 Å². The van der Waals surface area contributed by atoms with Crippen LogP contribution in [0.3, 0.4) is 0 Å². The van der Waals surface area contributed by atoms with Gasteiger partial charge in [0.25, 0.3) is 0 Å². The largest absolute Gasteiger partial charge is 0.319 e. The van der Waals surface area contributed by atoms with Crippen molar-refractivity contribution in [2.75, 3.05) is 26.7 Å². The first kappa shape index (κ1) is 18.3. The van der Waals surface area contributed by atoms with Crippen molar-refractivity contribution in [2.45, 2.75) is 17.7 Å². The van der Waals surface area contributed by atoms with E-state index in [-0.39, 0.29) is 23.2 Å². The lowest BCUT2D eigenvalue weighted by molar-refractivity contribution is 0.263. The molecule has 1 aliphatic heterocycles. The molecule has 0 aliphatic carbocycles.